The number of Topliss-reactive ketones (excluding diaryl/α,β-unsaturated/α-hetero) is 1. The van der Waals surface area contributed by atoms with Crippen LogP contribution in [0, 0.1) is 5.92 Å². The minimum absolute atomic E-state index is 0.000265. The van der Waals surface area contributed by atoms with E-state index in [1.807, 2.05) is 62.4 Å². The molecule has 8 heteroatoms. The zero-order chi connectivity index (χ0) is 25.1. The molecule has 0 fully saturated rings. The van der Waals surface area contributed by atoms with Gasteiger partial charge in [-0.15, -0.1) is 0 Å². The van der Waals surface area contributed by atoms with Gasteiger partial charge in [0.05, 0.1) is 23.4 Å². The molecule has 4 rings (SSSR count). The Morgan fingerprint density at radius 2 is 1.77 bits per heavy atom. The van der Waals surface area contributed by atoms with Gasteiger partial charge in [0.15, 0.2) is 0 Å². The molecule has 0 aliphatic heterocycles. The molecule has 2 aromatic heterocycles. The fraction of sp³-hybridized carbons (Fsp3) is 0.259. The van der Waals surface area contributed by atoms with Crippen molar-refractivity contribution in [2.75, 3.05) is 0 Å². The Labute approximate surface area is 203 Å². The molecule has 0 unspecified atom stereocenters. The van der Waals surface area contributed by atoms with Crippen LogP contribution in [0.4, 0.5) is 0 Å². The van der Waals surface area contributed by atoms with Gasteiger partial charge in [0.2, 0.25) is 11.3 Å². The molecular weight excluding hydrogens is 444 g/mol. The third-order valence-electron chi connectivity index (χ3n) is 5.91. The molecule has 0 radical (unpaired) electrons. The highest BCUT2D eigenvalue weighted by molar-refractivity contribution is 6.35. The van der Waals surface area contributed by atoms with Gasteiger partial charge < -0.3 is 14.6 Å². The molecular formula is C27H28N4O4. The average molecular weight is 473 g/mol. The first-order valence-electron chi connectivity index (χ1n) is 11.4. The number of ether oxygens (including phenoxy) is 1. The molecule has 0 saturated carbocycles. The molecule has 35 heavy (non-hydrogen) atoms. The number of carbonyl (C=O) groups excluding carboxylic acids is 2. The number of rotatable bonds is 8. The highest BCUT2D eigenvalue weighted by atomic mass is 16.5. The van der Waals surface area contributed by atoms with Crippen LogP contribution >= 0.6 is 0 Å². The molecule has 0 aliphatic rings. The van der Waals surface area contributed by atoms with Crippen LogP contribution in [0.3, 0.4) is 0 Å². The minimum atomic E-state index is -0.637. The summed E-state index contributed by atoms with van der Waals surface area (Å²) in [5.74, 6) is -0.578. The van der Waals surface area contributed by atoms with Gasteiger partial charge in [0.25, 0.3) is 5.91 Å². The topological polar surface area (TPSA) is 95.2 Å². The number of aromatic nitrogens is 3. The van der Waals surface area contributed by atoms with Gasteiger partial charge in [-0.1, -0.05) is 44.2 Å². The quantitative estimate of drug-likeness (QED) is 0.396. The van der Waals surface area contributed by atoms with Crippen molar-refractivity contribution >= 4 is 22.6 Å². The van der Waals surface area contributed by atoms with Crippen LogP contribution in [0.15, 0.2) is 77.9 Å². The number of fused-ring (bicyclic) bond motifs is 1. The van der Waals surface area contributed by atoms with E-state index < -0.39 is 23.8 Å². The molecule has 1 amide bonds. The second-order valence-corrected chi connectivity index (χ2v) is 8.86. The summed E-state index contributed by atoms with van der Waals surface area (Å²) in [6.45, 7) is 5.21. The van der Waals surface area contributed by atoms with E-state index in [4.69, 9.17) is 4.74 Å². The van der Waals surface area contributed by atoms with Crippen molar-refractivity contribution in [3.63, 3.8) is 0 Å². The molecule has 2 atom stereocenters. The lowest BCUT2D eigenvalue weighted by Crippen LogP contribution is -2.46. The fourth-order valence-corrected chi connectivity index (χ4v) is 3.98. The Morgan fingerprint density at radius 3 is 2.43 bits per heavy atom. The standard InChI is InChI=1S/C27H28N4O4/c1-17(2)25(29-27(34)18(3)32)26(19-8-6-5-7-9-19)35-22-11-12-23-20(14-22)15-28-31(23)21-10-13-24(33)30(4)16-21/h5-17,25-26H,1-4H3,(H,29,34)/t25-,26+/m0/s1. The largest absolute Gasteiger partial charge is 0.484 e. The first kappa shape index (κ1) is 23.9. The molecule has 8 nitrogen and oxygen atoms in total. The molecule has 4 aromatic rings. The number of amides is 1. The Bertz CT molecular complexity index is 1420. The number of ketones is 1. The summed E-state index contributed by atoms with van der Waals surface area (Å²) in [5, 5.41) is 8.20. The van der Waals surface area contributed by atoms with E-state index in [9.17, 15) is 14.4 Å². The van der Waals surface area contributed by atoms with E-state index in [-0.39, 0.29) is 11.5 Å². The van der Waals surface area contributed by atoms with Crippen LogP contribution in [0.25, 0.3) is 16.6 Å². The number of pyridine rings is 1. The fourth-order valence-electron chi connectivity index (χ4n) is 3.98. The highest BCUT2D eigenvalue weighted by Crippen LogP contribution is 2.31. The molecule has 1 N–H and O–H groups in total. The van der Waals surface area contributed by atoms with Crippen molar-refractivity contribution in [3.05, 3.63) is 89.0 Å². The molecule has 2 heterocycles. The normalized spacial score (nSPS) is 12.9. The summed E-state index contributed by atoms with van der Waals surface area (Å²) in [7, 11) is 1.70. The van der Waals surface area contributed by atoms with Crippen LogP contribution < -0.4 is 15.6 Å². The van der Waals surface area contributed by atoms with Gasteiger partial charge in [-0.05, 0) is 35.7 Å². The summed E-state index contributed by atoms with van der Waals surface area (Å²) < 4.78 is 9.72. The third-order valence-corrected chi connectivity index (χ3v) is 5.91. The molecule has 180 valence electrons. The van der Waals surface area contributed by atoms with Gasteiger partial charge in [-0.2, -0.15) is 5.10 Å². The Morgan fingerprint density at radius 1 is 1.03 bits per heavy atom. The first-order chi connectivity index (χ1) is 16.7. The summed E-state index contributed by atoms with van der Waals surface area (Å²) in [4.78, 5) is 35.6. The van der Waals surface area contributed by atoms with Crippen LogP contribution in [-0.2, 0) is 16.6 Å². The second-order valence-electron chi connectivity index (χ2n) is 8.86. The SMILES string of the molecule is CC(=O)C(=O)N[C@@H](C(C)C)[C@H](Oc1ccc2c(cnn2-c2ccc(=O)n(C)c2)c1)c1ccccc1. The summed E-state index contributed by atoms with van der Waals surface area (Å²) in [6.07, 6.45) is 2.95. The van der Waals surface area contributed by atoms with Gasteiger partial charge >= 0.3 is 0 Å². The maximum absolute atomic E-state index is 12.3. The number of aryl methyl sites for hydroxylation is 1. The lowest BCUT2D eigenvalue weighted by molar-refractivity contribution is -0.137. The van der Waals surface area contributed by atoms with E-state index in [0.29, 0.717) is 5.75 Å². The highest BCUT2D eigenvalue weighted by Gasteiger charge is 2.30. The lowest BCUT2D eigenvalue weighted by atomic mass is 9.92. The van der Waals surface area contributed by atoms with E-state index in [0.717, 1.165) is 22.2 Å². The van der Waals surface area contributed by atoms with Crippen LogP contribution in [0.5, 0.6) is 5.75 Å². The number of hydrogen-bond acceptors (Lipinski definition) is 5. The first-order valence-corrected chi connectivity index (χ1v) is 11.4. The van der Waals surface area contributed by atoms with Gasteiger partial charge in [-0.3, -0.25) is 14.4 Å². The summed E-state index contributed by atoms with van der Waals surface area (Å²) >= 11 is 0. The average Bonchev–Trinajstić information content (AvgIpc) is 3.26. The number of nitrogens with zero attached hydrogens (tertiary/aromatic N) is 3. The van der Waals surface area contributed by atoms with Crippen molar-refractivity contribution in [1.29, 1.82) is 0 Å². The second kappa shape index (κ2) is 9.97. The predicted molar refractivity (Wildman–Crippen MR) is 134 cm³/mol. The summed E-state index contributed by atoms with van der Waals surface area (Å²) in [6, 6.07) is 18.1. The van der Waals surface area contributed by atoms with Gasteiger partial charge in [-0.25, -0.2) is 4.68 Å². The molecule has 0 saturated heterocycles. The molecule has 2 aromatic carbocycles. The van der Waals surface area contributed by atoms with Crippen molar-refractivity contribution in [2.45, 2.75) is 32.9 Å². The Hall–Kier alpha value is -4.20. The van der Waals surface area contributed by atoms with E-state index >= 15 is 0 Å². The maximum atomic E-state index is 12.3. The smallest absolute Gasteiger partial charge is 0.287 e. The van der Waals surface area contributed by atoms with Crippen molar-refractivity contribution in [2.24, 2.45) is 13.0 Å². The Kier molecular flexibility index (Phi) is 6.82. The number of nitrogens with one attached hydrogen (secondary N) is 1. The van der Waals surface area contributed by atoms with Crippen LogP contribution in [0.2, 0.25) is 0 Å². The number of carbonyl (C=O) groups is 2. The monoisotopic (exact) mass is 472 g/mol. The van der Waals surface area contributed by atoms with E-state index in [1.54, 1.807) is 30.2 Å². The third kappa shape index (κ3) is 5.16. The zero-order valence-electron chi connectivity index (χ0n) is 20.1. The predicted octanol–water partition coefficient (Wildman–Crippen LogP) is 3.57. The summed E-state index contributed by atoms with van der Waals surface area (Å²) in [5.41, 5.74) is 2.42. The number of hydrogen-bond donors (Lipinski definition) is 1. The van der Waals surface area contributed by atoms with E-state index in [2.05, 4.69) is 10.4 Å². The van der Waals surface area contributed by atoms with Gasteiger partial charge in [0.1, 0.15) is 11.9 Å². The Balaban J connectivity index is 1.69. The van der Waals surface area contributed by atoms with Crippen molar-refractivity contribution in [1.82, 2.24) is 19.7 Å². The lowest BCUT2D eigenvalue weighted by Gasteiger charge is -2.31. The zero-order valence-corrected chi connectivity index (χ0v) is 20.1. The van der Waals surface area contributed by atoms with E-state index in [1.165, 1.54) is 17.6 Å². The molecule has 0 aliphatic carbocycles. The minimum Gasteiger partial charge on any atom is -0.484 e. The van der Waals surface area contributed by atoms with Crippen LogP contribution in [-0.4, -0.2) is 32.1 Å². The van der Waals surface area contributed by atoms with Gasteiger partial charge in [0, 0.05) is 31.6 Å². The maximum Gasteiger partial charge on any atom is 0.287 e. The van der Waals surface area contributed by atoms with Crippen molar-refractivity contribution in [3.8, 4) is 11.4 Å². The number of benzene rings is 2. The van der Waals surface area contributed by atoms with Crippen LogP contribution in [0.1, 0.15) is 32.4 Å². The molecule has 0 spiro atoms. The molecule has 0 bridgehead atoms. The van der Waals surface area contributed by atoms with Crippen molar-refractivity contribution < 1.29 is 14.3 Å².